The van der Waals surface area contributed by atoms with Crippen molar-refractivity contribution in [3.05, 3.63) is 11.8 Å². The normalized spacial score (nSPS) is 30.7. The number of rotatable bonds is 2. The van der Waals surface area contributed by atoms with E-state index in [1.165, 1.54) is 0 Å². The lowest BCUT2D eigenvalue weighted by molar-refractivity contribution is -0.148. The van der Waals surface area contributed by atoms with E-state index in [1.807, 2.05) is 0 Å². The second-order valence-corrected chi connectivity index (χ2v) is 3.06. The molecule has 1 saturated heterocycles. The maximum Gasteiger partial charge on any atom is 0.373 e. The number of hydrogen-bond donors (Lipinski definition) is 0. The zero-order valence-electron chi connectivity index (χ0n) is 7.49. The molecule has 0 amide bonds. The molecular weight excluding hydrogens is 172 g/mol. The number of fused-ring (bicyclic) bond motifs is 1. The molecule has 0 aromatic heterocycles. The molecule has 2 rings (SSSR count). The maximum atomic E-state index is 11.2. The predicted molar refractivity (Wildman–Crippen MR) is 43.6 cm³/mol. The molecule has 0 bridgehead atoms. The van der Waals surface area contributed by atoms with Crippen molar-refractivity contribution in [3.63, 3.8) is 0 Å². The molecule has 4 heteroatoms. The van der Waals surface area contributed by atoms with Crippen molar-refractivity contribution in [1.82, 2.24) is 0 Å². The Kier molecular flexibility index (Phi) is 2.22. The van der Waals surface area contributed by atoms with Crippen LogP contribution in [0.25, 0.3) is 0 Å². The molecule has 1 fully saturated rings. The largest absolute Gasteiger partial charge is 0.460 e. The van der Waals surface area contributed by atoms with Gasteiger partial charge in [-0.05, 0) is 19.4 Å². The average molecular weight is 184 g/mol. The first-order valence-corrected chi connectivity index (χ1v) is 4.48. The molecule has 0 N–H and O–H groups in total. The van der Waals surface area contributed by atoms with E-state index in [-0.39, 0.29) is 18.2 Å². The zero-order valence-corrected chi connectivity index (χ0v) is 7.49. The molecule has 2 heterocycles. The van der Waals surface area contributed by atoms with Crippen LogP contribution < -0.4 is 0 Å². The summed E-state index contributed by atoms with van der Waals surface area (Å²) in [6.45, 7) is 2.85. The van der Waals surface area contributed by atoms with Gasteiger partial charge in [-0.3, -0.25) is 0 Å². The Morgan fingerprint density at radius 2 is 2.62 bits per heavy atom. The SMILES string of the molecule is CCOC(=O)C1=CC2CCOC2O1. The average Bonchev–Trinajstić information content (AvgIpc) is 2.61. The van der Waals surface area contributed by atoms with Crippen LogP contribution in [0.3, 0.4) is 0 Å². The van der Waals surface area contributed by atoms with Gasteiger partial charge in [0, 0.05) is 5.92 Å². The van der Waals surface area contributed by atoms with Crippen LogP contribution in [-0.4, -0.2) is 25.5 Å². The highest BCUT2D eigenvalue weighted by atomic mass is 16.7. The minimum Gasteiger partial charge on any atom is -0.460 e. The highest BCUT2D eigenvalue weighted by Gasteiger charge is 2.37. The molecule has 2 aliphatic heterocycles. The molecule has 2 unspecified atom stereocenters. The highest BCUT2D eigenvalue weighted by Crippen LogP contribution is 2.32. The third kappa shape index (κ3) is 1.54. The summed E-state index contributed by atoms with van der Waals surface area (Å²) < 4.78 is 15.3. The van der Waals surface area contributed by atoms with Crippen molar-refractivity contribution in [3.8, 4) is 0 Å². The first-order valence-electron chi connectivity index (χ1n) is 4.48. The molecule has 0 radical (unpaired) electrons. The molecule has 13 heavy (non-hydrogen) atoms. The second kappa shape index (κ2) is 3.38. The minimum atomic E-state index is -0.388. The number of hydrogen-bond acceptors (Lipinski definition) is 4. The zero-order chi connectivity index (χ0) is 9.26. The van der Waals surface area contributed by atoms with Gasteiger partial charge in [-0.15, -0.1) is 0 Å². The fourth-order valence-corrected chi connectivity index (χ4v) is 1.54. The summed E-state index contributed by atoms with van der Waals surface area (Å²) in [6, 6.07) is 0. The molecule has 0 aromatic rings. The van der Waals surface area contributed by atoms with Crippen LogP contribution in [-0.2, 0) is 19.0 Å². The van der Waals surface area contributed by atoms with Gasteiger partial charge in [-0.2, -0.15) is 0 Å². The third-order valence-electron chi connectivity index (χ3n) is 2.17. The monoisotopic (exact) mass is 184 g/mol. The van der Waals surface area contributed by atoms with Crippen LogP contribution in [0.5, 0.6) is 0 Å². The first kappa shape index (κ1) is 8.56. The molecule has 72 valence electrons. The molecule has 0 aliphatic carbocycles. The van der Waals surface area contributed by atoms with Crippen LogP contribution in [0, 0.1) is 5.92 Å². The second-order valence-electron chi connectivity index (χ2n) is 3.06. The quantitative estimate of drug-likeness (QED) is 0.596. The number of carbonyl (C=O) groups excluding carboxylic acids is 1. The van der Waals surface area contributed by atoms with Crippen molar-refractivity contribution in [2.75, 3.05) is 13.2 Å². The molecule has 0 saturated carbocycles. The number of carbonyl (C=O) groups is 1. The topological polar surface area (TPSA) is 44.8 Å². The standard InChI is InChI=1S/C9H12O4/c1-2-11-8(10)7-5-6-3-4-12-9(6)13-7/h5-6,9H,2-4H2,1H3. The fraction of sp³-hybridized carbons (Fsp3) is 0.667. The molecule has 4 nitrogen and oxygen atoms in total. The van der Waals surface area contributed by atoms with E-state index >= 15 is 0 Å². The van der Waals surface area contributed by atoms with Crippen LogP contribution in [0.2, 0.25) is 0 Å². The van der Waals surface area contributed by atoms with Crippen molar-refractivity contribution in [2.24, 2.45) is 5.92 Å². The van der Waals surface area contributed by atoms with Gasteiger partial charge >= 0.3 is 5.97 Å². The Morgan fingerprint density at radius 1 is 1.77 bits per heavy atom. The fourth-order valence-electron chi connectivity index (χ4n) is 1.54. The van der Waals surface area contributed by atoms with Crippen molar-refractivity contribution < 1.29 is 19.0 Å². The van der Waals surface area contributed by atoms with Gasteiger partial charge in [0.25, 0.3) is 0 Å². The summed E-state index contributed by atoms with van der Waals surface area (Å²) in [5.74, 6) is 0.149. The third-order valence-corrected chi connectivity index (χ3v) is 2.17. The van der Waals surface area contributed by atoms with E-state index in [0.717, 1.165) is 6.42 Å². The summed E-state index contributed by atoms with van der Waals surface area (Å²) in [5, 5.41) is 0. The van der Waals surface area contributed by atoms with Gasteiger partial charge in [0.1, 0.15) is 0 Å². The smallest absolute Gasteiger partial charge is 0.373 e. The van der Waals surface area contributed by atoms with Crippen LogP contribution >= 0.6 is 0 Å². The molecule has 0 spiro atoms. The van der Waals surface area contributed by atoms with Crippen molar-refractivity contribution in [2.45, 2.75) is 19.6 Å². The van der Waals surface area contributed by atoms with Crippen LogP contribution in [0.4, 0.5) is 0 Å². The Bertz CT molecular complexity index is 246. The molecule has 0 aromatic carbocycles. The summed E-state index contributed by atoms with van der Waals surface area (Å²) in [6.07, 6.45) is 2.47. The first-order chi connectivity index (χ1) is 6.31. The predicted octanol–water partition coefficient (Wildman–Crippen LogP) is 0.826. The van der Waals surface area contributed by atoms with Crippen LogP contribution in [0.15, 0.2) is 11.8 Å². The van der Waals surface area contributed by atoms with Gasteiger partial charge in [-0.1, -0.05) is 0 Å². The lowest BCUT2D eigenvalue weighted by Crippen LogP contribution is -2.14. The summed E-state index contributed by atoms with van der Waals surface area (Å²) in [4.78, 5) is 11.2. The summed E-state index contributed by atoms with van der Waals surface area (Å²) in [5.41, 5.74) is 0. The Hall–Kier alpha value is -1.03. The summed E-state index contributed by atoms with van der Waals surface area (Å²) in [7, 11) is 0. The van der Waals surface area contributed by atoms with Gasteiger partial charge < -0.3 is 14.2 Å². The van der Waals surface area contributed by atoms with Crippen molar-refractivity contribution in [1.29, 1.82) is 0 Å². The van der Waals surface area contributed by atoms with Gasteiger partial charge in [0.05, 0.1) is 13.2 Å². The Labute approximate surface area is 76.5 Å². The highest BCUT2D eigenvalue weighted by molar-refractivity contribution is 5.86. The van der Waals surface area contributed by atoms with E-state index in [0.29, 0.717) is 19.0 Å². The van der Waals surface area contributed by atoms with E-state index in [4.69, 9.17) is 14.2 Å². The lowest BCUT2D eigenvalue weighted by atomic mass is 10.1. The number of ether oxygens (including phenoxy) is 3. The Balaban J connectivity index is 1.99. The van der Waals surface area contributed by atoms with E-state index in [1.54, 1.807) is 13.0 Å². The number of esters is 1. The maximum absolute atomic E-state index is 11.2. The van der Waals surface area contributed by atoms with E-state index in [9.17, 15) is 4.79 Å². The van der Waals surface area contributed by atoms with Crippen LogP contribution in [0.1, 0.15) is 13.3 Å². The molecule has 2 aliphatic rings. The molecular formula is C9H12O4. The lowest BCUT2D eigenvalue weighted by Gasteiger charge is -2.09. The Morgan fingerprint density at radius 3 is 3.31 bits per heavy atom. The van der Waals surface area contributed by atoms with E-state index < -0.39 is 0 Å². The van der Waals surface area contributed by atoms with Gasteiger partial charge in [0.15, 0.2) is 0 Å². The summed E-state index contributed by atoms with van der Waals surface area (Å²) >= 11 is 0. The van der Waals surface area contributed by atoms with Crippen molar-refractivity contribution >= 4 is 5.97 Å². The minimum absolute atomic E-state index is 0.236. The van der Waals surface area contributed by atoms with Gasteiger partial charge in [-0.25, -0.2) is 4.79 Å². The van der Waals surface area contributed by atoms with E-state index in [2.05, 4.69) is 0 Å². The van der Waals surface area contributed by atoms with Gasteiger partial charge in [0.2, 0.25) is 12.0 Å². The molecule has 2 atom stereocenters.